The maximum absolute atomic E-state index is 12.9. The highest BCUT2D eigenvalue weighted by Crippen LogP contribution is 2.31. The molecular weight excluding hydrogens is 315 g/mol. The van der Waals surface area contributed by atoms with Crippen molar-refractivity contribution in [2.75, 3.05) is 7.05 Å². The summed E-state index contributed by atoms with van der Waals surface area (Å²) in [5.41, 5.74) is 0.758. The van der Waals surface area contributed by atoms with E-state index in [-0.39, 0.29) is 23.3 Å². The molecule has 1 N–H and O–H groups in total. The number of benzene rings is 2. The minimum absolute atomic E-state index is 0.201. The first kappa shape index (κ1) is 17.8. The van der Waals surface area contributed by atoms with Gasteiger partial charge in [-0.1, -0.05) is 42.5 Å². The minimum Gasteiger partial charge on any atom is -0.393 e. The van der Waals surface area contributed by atoms with Crippen LogP contribution in [0.2, 0.25) is 0 Å². The van der Waals surface area contributed by atoms with Gasteiger partial charge in [-0.3, -0.25) is 4.79 Å². The van der Waals surface area contributed by atoms with Gasteiger partial charge in [0, 0.05) is 25.2 Å². The van der Waals surface area contributed by atoms with E-state index in [0.717, 1.165) is 17.7 Å². The fraction of sp³-hybridized carbons (Fsp3) is 0.211. The minimum atomic E-state index is -4.44. The summed E-state index contributed by atoms with van der Waals surface area (Å²) in [5.74, 6) is -0.201. The van der Waals surface area contributed by atoms with Gasteiger partial charge in [0.25, 0.3) is 0 Å². The topological polar surface area (TPSA) is 29.1 Å². The SMILES string of the molecule is CNC=C(C(=O)CCc1ccccc1)c1cccc(C(F)(F)F)c1. The number of alkyl halides is 3. The van der Waals surface area contributed by atoms with Crippen molar-refractivity contribution in [3.63, 3.8) is 0 Å². The largest absolute Gasteiger partial charge is 0.416 e. The maximum Gasteiger partial charge on any atom is 0.416 e. The van der Waals surface area contributed by atoms with Crippen molar-refractivity contribution < 1.29 is 18.0 Å². The van der Waals surface area contributed by atoms with Gasteiger partial charge in [-0.05, 0) is 29.7 Å². The van der Waals surface area contributed by atoms with Crippen LogP contribution >= 0.6 is 0 Å². The summed E-state index contributed by atoms with van der Waals surface area (Å²) in [6.07, 6.45) is -2.22. The third-order valence-corrected chi connectivity index (χ3v) is 3.57. The van der Waals surface area contributed by atoms with Gasteiger partial charge in [0.1, 0.15) is 0 Å². The lowest BCUT2D eigenvalue weighted by Gasteiger charge is -2.11. The van der Waals surface area contributed by atoms with Crippen molar-refractivity contribution in [1.29, 1.82) is 0 Å². The Morgan fingerprint density at radius 3 is 2.42 bits per heavy atom. The van der Waals surface area contributed by atoms with Crippen LogP contribution in [0.25, 0.3) is 5.57 Å². The average Bonchev–Trinajstić information content (AvgIpc) is 2.58. The van der Waals surface area contributed by atoms with E-state index in [4.69, 9.17) is 0 Å². The predicted molar refractivity (Wildman–Crippen MR) is 88.3 cm³/mol. The van der Waals surface area contributed by atoms with Crippen LogP contribution in [0, 0.1) is 0 Å². The van der Waals surface area contributed by atoms with Crippen LogP contribution in [-0.4, -0.2) is 12.8 Å². The molecule has 2 rings (SSSR count). The molecule has 0 radical (unpaired) electrons. The van der Waals surface area contributed by atoms with Crippen molar-refractivity contribution >= 4 is 11.4 Å². The summed E-state index contributed by atoms with van der Waals surface area (Å²) in [6, 6.07) is 14.3. The highest BCUT2D eigenvalue weighted by Gasteiger charge is 2.30. The molecule has 0 aliphatic heterocycles. The van der Waals surface area contributed by atoms with Crippen LogP contribution in [0.5, 0.6) is 0 Å². The number of halogens is 3. The van der Waals surface area contributed by atoms with Crippen LogP contribution in [0.15, 0.2) is 60.8 Å². The average molecular weight is 333 g/mol. The van der Waals surface area contributed by atoms with E-state index < -0.39 is 11.7 Å². The summed E-state index contributed by atoms with van der Waals surface area (Å²) in [4.78, 5) is 12.5. The monoisotopic (exact) mass is 333 g/mol. The van der Waals surface area contributed by atoms with Gasteiger partial charge in [-0.2, -0.15) is 13.2 Å². The molecule has 0 spiro atoms. The number of carbonyl (C=O) groups is 1. The summed E-state index contributed by atoms with van der Waals surface area (Å²) in [6.45, 7) is 0. The van der Waals surface area contributed by atoms with Crippen LogP contribution in [0.1, 0.15) is 23.1 Å². The Bertz CT molecular complexity index is 721. The number of rotatable bonds is 6. The van der Waals surface area contributed by atoms with Crippen LogP contribution in [0.4, 0.5) is 13.2 Å². The van der Waals surface area contributed by atoms with Crippen molar-refractivity contribution in [2.24, 2.45) is 0 Å². The zero-order valence-electron chi connectivity index (χ0n) is 13.2. The molecule has 0 bridgehead atoms. The fourth-order valence-electron chi connectivity index (χ4n) is 2.37. The Kier molecular flexibility index (Phi) is 5.79. The number of carbonyl (C=O) groups excluding carboxylic acids is 1. The van der Waals surface area contributed by atoms with E-state index >= 15 is 0 Å². The van der Waals surface area contributed by atoms with Crippen molar-refractivity contribution in [1.82, 2.24) is 5.32 Å². The molecular formula is C19H18F3NO. The number of hydrogen-bond donors (Lipinski definition) is 1. The number of nitrogens with one attached hydrogen (secondary N) is 1. The van der Waals surface area contributed by atoms with Crippen LogP contribution < -0.4 is 5.32 Å². The lowest BCUT2D eigenvalue weighted by atomic mass is 9.96. The van der Waals surface area contributed by atoms with E-state index in [1.807, 2.05) is 30.3 Å². The third kappa shape index (κ3) is 4.72. The van der Waals surface area contributed by atoms with E-state index in [9.17, 15) is 18.0 Å². The molecule has 0 heterocycles. The van der Waals surface area contributed by atoms with Gasteiger partial charge < -0.3 is 5.32 Å². The normalized spacial score (nSPS) is 12.1. The van der Waals surface area contributed by atoms with Gasteiger partial charge in [-0.15, -0.1) is 0 Å². The number of Topliss-reactive ketones (excluding diaryl/α,β-unsaturated/α-hetero) is 1. The molecule has 0 saturated carbocycles. The molecule has 126 valence electrons. The predicted octanol–water partition coefficient (Wildman–Crippen LogP) is 4.47. The number of allylic oxidation sites excluding steroid dienone is 1. The molecule has 0 atom stereocenters. The standard InChI is InChI=1S/C19H18F3NO/c1-23-13-17(15-8-5-9-16(12-15)19(20,21)22)18(24)11-10-14-6-3-2-4-7-14/h2-9,12-13,23H,10-11H2,1H3. The molecule has 0 unspecified atom stereocenters. The van der Waals surface area contributed by atoms with E-state index in [0.29, 0.717) is 6.42 Å². The summed E-state index contributed by atoms with van der Waals surface area (Å²) < 4.78 is 38.6. The Hall–Kier alpha value is -2.56. The molecule has 0 fully saturated rings. The van der Waals surface area contributed by atoms with Crippen LogP contribution in [-0.2, 0) is 17.4 Å². The zero-order valence-corrected chi connectivity index (χ0v) is 13.2. The van der Waals surface area contributed by atoms with Crippen molar-refractivity contribution in [2.45, 2.75) is 19.0 Å². The first-order valence-electron chi connectivity index (χ1n) is 7.54. The molecule has 0 aliphatic carbocycles. The zero-order chi connectivity index (χ0) is 17.6. The lowest BCUT2D eigenvalue weighted by molar-refractivity contribution is -0.137. The molecule has 0 amide bonds. The molecule has 0 saturated heterocycles. The first-order chi connectivity index (χ1) is 11.4. The second-order valence-corrected chi connectivity index (χ2v) is 5.33. The van der Waals surface area contributed by atoms with E-state index in [2.05, 4.69) is 5.32 Å². The summed E-state index contributed by atoms with van der Waals surface area (Å²) >= 11 is 0. The molecule has 2 nitrogen and oxygen atoms in total. The second-order valence-electron chi connectivity index (χ2n) is 5.33. The lowest BCUT2D eigenvalue weighted by Crippen LogP contribution is -2.10. The first-order valence-corrected chi connectivity index (χ1v) is 7.54. The maximum atomic E-state index is 12.9. The Morgan fingerprint density at radius 1 is 1.08 bits per heavy atom. The Labute approximate surface area is 139 Å². The summed E-state index contributed by atoms with van der Waals surface area (Å²) in [5, 5.41) is 2.74. The summed E-state index contributed by atoms with van der Waals surface area (Å²) in [7, 11) is 1.61. The quantitative estimate of drug-likeness (QED) is 0.791. The smallest absolute Gasteiger partial charge is 0.393 e. The fourth-order valence-corrected chi connectivity index (χ4v) is 2.37. The van der Waals surface area contributed by atoms with Gasteiger partial charge in [0.05, 0.1) is 5.56 Å². The molecule has 2 aromatic rings. The van der Waals surface area contributed by atoms with E-state index in [1.54, 1.807) is 7.05 Å². The Balaban J connectivity index is 2.20. The van der Waals surface area contributed by atoms with Crippen molar-refractivity contribution in [3.05, 3.63) is 77.5 Å². The molecule has 2 aromatic carbocycles. The van der Waals surface area contributed by atoms with Crippen molar-refractivity contribution in [3.8, 4) is 0 Å². The van der Waals surface area contributed by atoms with Gasteiger partial charge >= 0.3 is 6.18 Å². The molecule has 5 heteroatoms. The Morgan fingerprint density at radius 2 is 1.79 bits per heavy atom. The third-order valence-electron chi connectivity index (χ3n) is 3.57. The molecule has 0 aromatic heterocycles. The van der Waals surface area contributed by atoms with Gasteiger partial charge in [0.2, 0.25) is 0 Å². The second kappa shape index (κ2) is 7.81. The molecule has 24 heavy (non-hydrogen) atoms. The number of aryl methyl sites for hydroxylation is 1. The van der Waals surface area contributed by atoms with E-state index in [1.165, 1.54) is 18.3 Å². The highest BCUT2D eigenvalue weighted by atomic mass is 19.4. The number of ketones is 1. The highest BCUT2D eigenvalue weighted by molar-refractivity contribution is 6.20. The van der Waals surface area contributed by atoms with Gasteiger partial charge in [0.15, 0.2) is 5.78 Å². The van der Waals surface area contributed by atoms with Crippen LogP contribution in [0.3, 0.4) is 0 Å². The number of hydrogen-bond acceptors (Lipinski definition) is 2. The van der Waals surface area contributed by atoms with Gasteiger partial charge in [-0.25, -0.2) is 0 Å². The molecule has 0 aliphatic rings.